The summed E-state index contributed by atoms with van der Waals surface area (Å²) in [6.07, 6.45) is 5.38. The maximum atomic E-state index is 15.1. The lowest BCUT2D eigenvalue weighted by Gasteiger charge is -2.26. The molecule has 176 valence electrons. The van der Waals surface area contributed by atoms with E-state index in [1.165, 1.54) is 47.5 Å². The van der Waals surface area contributed by atoms with E-state index >= 15 is 4.39 Å². The lowest BCUT2D eigenvalue weighted by Crippen LogP contribution is -2.41. The van der Waals surface area contributed by atoms with Gasteiger partial charge in [0, 0.05) is 35.8 Å². The number of halogens is 2. The summed E-state index contributed by atoms with van der Waals surface area (Å²) >= 11 is 0. The van der Waals surface area contributed by atoms with E-state index < -0.39 is 28.9 Å². The van der Waals surface area contributed by atoms with Gasteiger partial charge in [-0.15, -0.1) is 0 Å². The zero-order valence-electron chi connectivity index (χ0n) is 18.2. The number of amides is 2. The third-order valence-electron chi connectivity index (χ3n) is 5.85. The molecule has 10 heteroatoms. The highest BCUT2D eigenvalue weighted by molar-refractivity contribution is 6.16. The Kier molecular flexibility index (Phi) is 5.48. The number of hydrogen-bond donors (Lipinski definition) is 2. The number of H-pyrrole nitrogens is 1. The Bertz CT molecular complexity index is 1400. The van der Waals surface area contributed by atoms with Crippen molar-refractivity contribution in [2.45, 2.75) is 12.8 Å². The van der Waals surface area contributed by atoms with Gasteiger partial charge in [-0.2, -0.15) is 5.10 Å². The van der Waals surface area contributed by atoms with Crippen LogP contribution in [0.2, 0.25) is 0 Å². The average molecular weight is 475 g/mol. The number of primary amides is 1. The van der Waals surface area contributed by atoms with Crippen molar-refractivity contribution in [1.29, 1.82) is 0 Å². The second-order valence-electron chi connectivity index (χ2n) is 8.14. The molecule has 3 N–H and O–H groups in total. The number of benzene rings is 2. The van der Waals surface area contributed by atoms with E-state index in [-0.39, 0.29) is 17.1 Å². The molecule has 1 aliphatic carbocycles. The molecular weight excluding hydrogens is 456 g/mol. The molecule has 0 saturated heterocycles. The minimum Gasteiger partial charge on any atom is -0.454 e. The largest absolute Gasteiger partial charge is 0.454 e. The van der Waals surface area contributed by atoms with Crippen LogP contribution < -0.4 is 15.4 Å². The Labute approximate surface area is 198 Å². The van der Waals surface area contributed by atoms with Crippen LogP contribution in [0.5, 0.6) is 11.5 Å². The van der Waals surface area contributed by atoms with Gasteiger partial charge in [0.1, 0.15) is 17.0 Å². The van der Waals surface area contributed by atoms with E-state index in [2.05, 4.69) is 15.2 Å². The third kappa shape index (κ3) is 4.21. The minimum absolute atomic E-state index is 0.0827. The van der Waals surface area contributed by atoms with Gasteiger partial charge in [-0.1, -0.05) is 0 Å². The van der Waals surface area contributed by atoms with E-state index in [0.717, 1.165) is 11.6 Å². The summed E-state index contributed by atoms with van der Waals surface area (Å²) in [5.74, 6) is -2.32. The number of aromatic amines is 1. The molecule has 0 aliphatic heterocycles. The predicted molar refractivity (Wildman–Crippen MR) is 123 cm³/mol. The van der Waals surface area contributed by atoms with E-state index in [1.807, 2.05) is 0 Å². The lowest BCUT2D eigenvalue weighted by atomic mass is 10.0. The predicted octanol–water partition coefficient (Wildman–Crippen LogP) is 4.47. The second kappa shape index (κ2) is 8.64. The van der Waals surface area contributed by atoms with E-state index in [9.17, 15) is 14.0 Å². The first-order valence-electron chi connectivity index (χ1n) is 10.7. The van der Waals surface area contributed by atoms with E-state index in [0.29, 0.717) is 24.3 Å². The van der Waals surface area contributed by atoms with Crippen LogP contribution in [0, 0.1) is 17.0 Å². The van der Waals surface area contributed by atoms with Crippen molar-refractivity contribution >= 4 is 23.2 Å². The Balaban J connectivity index is 1.47. The van der Waals surface area contributed by atoms with Crippen molar-refractivity contribution in [2.24, 2.45) is 11.1 Å². The minimum atomic E-state index is -1.36. The highest BCUT2D eigenvalue weighted by atomic mass is 19.1. The maximum absolute atomic E-state index is 15.1. The number of nitrogens with two attached hydrogens (primary N) is 1. The van der Waals surface area contributed by atoms with Crippen molar-refractivity contribution in [1.82, 2.24) is 15.2 Å². The number of ether oxygens (including phenoxy) is 1. The highest BCUT2D eigenvalue weighted by Crippen LogP contribution is 2.49. The van der Waals surface area contributed by atoms with Crippen molar-refractivity contribution in [3.63, 3.8) is 0 Å². The number of pyridine rings is 1. The summed E-state index contributed by atoms with van der Waals surface area (Å²) in [4.78, 5) is 30.8. The molecule has 2 aromatic carbocycles. The second-order valence-corrected chi connectivity index (χ2v) is 8.14. The van der Waals surface area contributed by atoms with Gasteiger partial charge >= 0.3 is 0 Å². The van der Waals surface area contributed by atoms with Gasteiger partial charge in [0.05, 0.1) is 17.6 Å². The van der Waals surface area contributed by atoms with Crippen molar-refractivity contribution < 1.29 is 23.1 Å². The molecule has 4 aromatic rings. The number of hydrogen-bond acceptors (Lipinski definition) is 5. The topological polar surface area (TPSA) is 114 Å². The van der Waals surface area contributed by atoms with Gasteiger partial charge in [-0.25, -0.2) is 8.78 Å². The van der Waals surface area contributed by atoms with E-state index in [1.54, 1.807) is 24.5 Å². The van der Waals surface area contributed by atoms with Crippen molar-refractivity contribution in [2.75, 3.05) is 4.90 Å². The summed E-state index contributed by atoms with van der Waals surface area (Å²) in [7, 11) is 0. The Hall–Kier alpha value is -4.60. The van der Waals surface area contributed by atoms with Crippen molar-refractivity contribution in [3.05, 3.63) is 84.8 Å². The van der Waals surface area contributed by atoms with Crippen LogP contribution in [0.15, 0.2) is 73.2 Å². The van der Waals surface area contributed by atoms with Crippen LogP contribution >= 0.6 is 0 Å². The lowest BCUT2D eigenvalue weighted by molar-refractivity contribution is -0.133. The molecule has 5 rings (SSSR count). The quantitative estimate of drug-likeness (QED) is 0.383. The number of carbonyl (C=O) groups excluding carboxylic acids is 2. The van der Waals surface area contributed by atoms with Gasteiger partial charge in [0.2, 0.25) is 11.8 Å². The average Bonchev–Trinajstić information content (AvgIpc) is 3.49. The number of rotatable bonds is 7. The van der Waals surface area contributed by atoms with Crippen molar-refractivity contribution in [3.8, 4) is 22.8 Å². The number of carbonyl (C=O) groups is 2. The highest BCUT2D eigenvalue weighted by Gasteiger charge is 2.57. The molecule has 0 bridgehead atoms. The molecule has 8 nitrogen and oxygen atoms in total. The smallest absolute Gasteiger partial charge is 0.247 e. The fourth-order valence-electron chi connectivity index (χ4n) is 3.74. The van der Waals surface area contributed by atoms with Crippen LogP contribution in [0.4, 0.5) is 20.2 Å². The summed E-state index contributed by atoms with van der Waals surface area (Å²) < 4.78 is 34.4. The first-order valence-corrected chi connectivity index (χ1v) is 10.7. The Morgan fingerprint density at radius 2 is 1.77 bits per heavy atom. The normalized spacial score (nSPS) is 13.8. The molecule has 1 aliphatic rings. The number of anilines is 2. The van der Waals surface area contributed by atoms with Gasteiger partial charge in [0.25, 0.3) is 0 Å². The van der Waals surface area contributed by atoms with Gasteiger partial charge < -0.3 is 10.5 Å². The zero-order valence-corrected chi connectivity index (χ0v) is 18.2. The van der Waals surface area contributed by atoms with Gasteiger partial charge in [0.15, 0.2) is 11.6 Å². The molecular formula is C25H19F2N5O3. The number of nitrogens with zero attached hydrogens (tertiary/aromatic N) is 3. The third-order valence-corrected chi connectivity index (χ3v) is 5.85. The van der Waals surface area contributed by atoms with E-state index in [4.69, 9.17) is 10.5 Å². The number of aromatic nitrogens is 3. The zero-order chi connectivity index (χ0) is 24.6. The summed E-state index contributed by atoms with van der Waals surface area (Å²) in [5, 5.41) is 6.58. The fourth-order valence-corrected chi connectivity index (χ4v) is 3.74. The number of nitrogens with one attached hydrogen (secondary N) is 1. The molecule has 0 radical (unpaired) electrons. The van der Waals surface area contributed by atoms with Crippen LogP contribution in [0.3, 0.4) is 0 Å². The van der Waals surface area contributed by atoms with Crippen LogP contribution in [0.1, 0.15) is 12.8 Å². The molecule has 2 heterocycles. The Morgan fingerprint density at radius 3 is 2.40 bits per heavy atom. The Morgan fingerprint density at radius 1 is 1.03 bits per heavy atom. The SMILES string of the molecule is NC(=O)C1(C(=O)N(c2ccc(F)cc2)c2ccc(Oc3ccnc(-c4cn[nH]c4)c3)c(F)c2)CC1. The summed E-state index contributed by atoms with van der Waals surface area (Å²) in [6, 6.07) is 12.3. The molecule has 35 heavy (non-hydrogen) atoms. The molecule has 2 aromatic heterocycles. The maximum Gasteiger partial charge on any atom is 0.247 e. The monoisotopic (exact) mass is 475 g/mol. The van der Waals surface area contributed by atoms with Crippen LogP contribution in [0.25, 0.3) is 11.3 Å². The van der Waals surface area contributed by atoms with Crippen LogP contribution in [-0.2, 0) is 9.59 Å². The summed E-state index contributed by atoms with van der Waals surface area (Å²) in [6.45, 7) is 0. The molecule has 0 unspecified atom stereocenters. The first-order chi connectivity index (χ1) is 16.9. The standard InChI is InChI=1S/C25H19F2N5O3/c26-16-1-3-17(4-2-16)32(24(34)25(8-9-25)23(28)33)18-5-6-22(20(27)11-18)35-19-7-10-29-21(12-19)15-13-30-31-14-15/h1-7,10-14H,8-9H2,(H2,28,33)(H,30,31). The molecule has 1 saturated carbocycles. The van der Waals surface area contributed by atoms with Gasteiger partial charge in [-0.3, -0.25) is 24.6 Å². The first kappa shape index (κ1) is 22.2. The summed E-state index contributed by atoms with van der Waals surface area (Å²) in [5.41, 5.74) is 5.87. The molecule has 0 atom stereocenters. The van der Waals surface area contributed by atoms with Crippen LogP contribution in [-0.4, -0.2) is 27.0 Å². The fraction of sp³-hybridized carbons (Fsp3) is 0.120. The molecule has 1 fully saturated rings. The molecule has 2 amide bonds. The molecule has 0 spiro atoms. The van der Waals surface area contributed by atoms with Gasteiger partial charge in [-0.05, 0) is 55.3 Å².